The minimum absolute atomic E-state index is 0.286. The summed E-state index contributed by atoms with van der Waals surface area (Å²) in [4.78, 5) is 12.9. The van der Waals surface area contributed by atoms with Crippen molar-refractivity contribution in [1.29, 1.82) is 0 Å². The molecule has 2 aromatic rings. The van der Waals surface area contributed by atoms with Crippen molar-refractivity contribution in [3.63, 3.8) is 0 Å². The van der Waals surface area contributed by atoms with Gasteiger partial charge in [-0.2, -0.15) is 0 Å². The minimum atomic E-state index is 0.286. The molecule has 0 radical (unpaired) electrons. The number of hydrogen-bond acceptors (Lipinski definition) is 4. The fraction of sp³-hybridized carbons (Fsp3) is 0.364. The molecule has 2 aromatic heterocycles. The largest absolute Gasteiger partial charge is 0.249 e. The number of nitrogens with zero attached hydrogens (tertiary/aromatic N) is 3. The third kappa shape index (κ3) is 2.77. The Bertz CT molecular complexity index is 468. The Balaban J connectivity index is 2.27. The second-order valence-electron chi connectivity index (χ2n) is 3.80. The van der Waals surface area contributed by atoms with E-state index in [1.54, 1.807) is 23.6 Å². The van der Waals surface area contributed by atoms with Crippen LogP contribution in [-0.4, -0.2) is 15.0 Å². The van der Waals surface area contributed by atoms with Gasteiger partial charge in [-0.25, -0.2) is 15.0 Å². The zero-order valence-electron chi connectivity index (χ0n) is 9.14. The van der Waals surface area contributed by atoms with Gasteiger partial charge < -0.3 is 0 Å². The van der Waals surface area contributed by atoms with Crippen LogP contribution >= 0.6 is 22.9 Å². The first-order valence-electron chi connectivity index (χ1n) is 5.07. The van der Waals surface area contributed by atoms with Crippen LogP contribution in [0.3, 0.4) is 0 Å². The Morgan fingerprint density at radius 2 is 2.19 bits per heavy atom. The van der Waals surface area contributed by atoms with Gasteiger partial charge in [-0.1, -0.05) is 25.4 Å². The summed E-state index contributed by atoms with van der Waals surface area (Å²) in [6.07, 6.45) is 2.52. The van der Waals surface area contributed by atoms with Gasteiger partial charge in [0, 0.05) is 23.9 Å². The van der Waals surface area contributed by atoms with Gasteiger partial charge in [-0.05, 0) is 6.07 Å². The SMILES string of the molecule is CC(C)c1nc(Cl)cc(Cc2nccs2)n1. The van der Waals surface area contributed by atoms with E-state index in [4.69, 9.17) is 11.6 Å². The first-order chi connectivity index (χ1) is 7.65. The van der Waals surface area contributed by atoms with E-state index in [2.05, 4.69) is 28.8 Å². The Morgan fingerprint density at radius 3 is 2.81 bits per heavy atom. The van der Waals surface area contributed by atoms with E-state index in [1.807, 2.05) is 5.38 Å². The van der Waals surface area contributed by atoms with Crippen LogP contribution in [0.5, 0.6) is 0 Å². The Kier molecular flexibility index (Phi) is 3.51. The van der Waals surface area contributed by atoms with Crippen LogP contribution in [0, 0.1) is 0 Å². The smallest absolute Gasteiger partial charge is 0.133 e. The van der Waals surface area contributed by atoms with Crippen LogP contribution in [-0.2, 0) is 6.42 Å². The number of halogens is 1. The molecule has 0 saturated heterocycles. The molecule has 0 aliphatic rings. The number of hydrogen-bond donors (Lipinski definition) is 0. The summed E-state index contributed by atoms with van der Waals surface area (Å²) in [6, 6.07) is 1.80. The van der Waals surface area contributed by atoms with E-state index < -0.39 is 0 Å². The molecule has 0 amide bonds. The Morgan fingerprint density at radius 1 is 1.38 bits per heavy atom. The molecule has 0 aromatic carbocycles. The maximum atomic E-state index is 5.97. The average Bonchev–Trinajstić information content (AvgIpc) is 2.69. The van der Waals surface area contributed by atoms with E-state index in [9.17, 15) is 0 Å². The maximum absolute atomic E-state index is 5.97. The molecular formula is C11H12ClN3S. The summed E-state index contributed by atoms with van der Waals surface area (Å²) < 4.78 is 0. The fourth-order valence-corrected chi connectivity index (χ4v) is 2.17. The van der Waals surface area contributed by atoms with Crippen molar-refractivity contribution in [2.24, 2.45) is 0 Å². The molecule has 0 aliphatic carbocycles. The van der Waals surface area contributed by atoms with Crippen molar-refractivity contribution >= 4 is 22.9 Å². The molecule has 5 heteroatoms. The van der Waals surface area contributed by atoms with Gasteiger partial charge in [0.2, 0.25) is 0 Å². The maximum Gasteiger partial charge on any atom is 0.133 e. The second-order valence-corrected chi connectivity index (χ2v) is 5.16. The summed E-state index contributed by atoms with van der Waals surface area (Å²) in [5.41, 5.74) is 0.929. The lowest BCUT2D eigenvalue weighted by atomic mass is 10.2. The molecule has 0 saturated carbocycles. The first-order valence-corrected chi connectivity index (χ1v) is 6.32. The lowest BCUT2D eigenvalue weighted by Gasteiger charge is -2.06. The van der Waals surface area contributed by atoms with Gasteiger partial charge in [0.15, 0.2) is 0 Å². The molecule has 0 atom stereocenters. The van der Waals surface area contributed by atoms with Gasteiger partial charge in [0.25, 0.3) is 0 Å². The van der Waals surface area contributed by atoms with Crippen LogP contribution in [0.1, 0.15) is 36.3 Å². The van der Waals surface area contributed by atoms with Crippen LogP contribution < -0.4 is 0 Å². The van der Waals surface area contributed by atoms with E-state index in [-0.39, 0.29) is 5.92 Å². The molecule has 16 heavy (non-hydrogen) atoms. The molecule has 84 valence electrons. The standard InChI is InChI=1S/C11H12ClN3S/c1-7(2)11-14-8(5-9(12)15-11)6-10-13-3-4-16-10/h3-5,7H,6H2,1-2H3. The molecule has 0 spiro atoms. The van der Waals surface area contributed by atoms with Crippen molar-refractivity contribution in [2.45, 2.75) is 26.2 Å². The first kappa shape index (κ1) is 11.5. The van der Waals surface area contributed by atoms with E-state index in [0.29, 0.717) is 5.15 Å². The lowest BCUT2D eigenvalue weighted by Crippen LogP contribution is -2.02. The van der Waals surface area contributed by atoms with Crippen LogP contribution in [0.4, 0.5) is 0 Å². The number of aromatic nitrogens is 3. The molecule has 0 aliphatic heterocycles. The molecule has 2 rings (SSSR count). The third-order valence-corrected chi connectivity index (χ3v) is 3.07. The van der Waals surface area contributed by atoms with Crippen LogP contribution in [0.15, 0.2) is 17.6 Å². The summed E-state index contributed by atoms with van der Waals surface area (Å²) in [5.74, 6) is 1.08. The molecule has 0 bridgehead atoms. The second kappa shape index (κ2) is 4.89. The van der Waals surface area contributed by atoms with E-state index in [0.717, 1.165) is 22.9 Å². The topological polar surface area (TPSA) is 38.7 Å². The van der Waals surface area contributed by atoms with Crippen LogP contribution in [0.2, 0.25) is 5.15 Å². The molecular weight excluding hydrogens is 242 g/mol. The van der Waals surface area contributed by atoms with Crippen molar-refractivity contribution in [3.8, 4) is 0 Å². The summed E-state index contributed by atoms with van der Waals surface area (Å²) in [5, 5.41) is 3.51. The third-order valence-electron chi connectivity index (χ3n) is 2.10. The molecule has 0 unspecified atom stereocenters. The Labute approximate surface area is 104 Å². The van der Waals surface area contributed by atoms with Crippen molar-refractivity contribution in [3.05, 3.63) is 39.3 Å². The van der Waals surface area contributed by atoms with Gasteiger partial charge in [-0.15, -0.1) is 11.3 Å². The Hall–Kier alpha value is -1.00. The molecule has 0 N–H and O–H groups in total. The average molecular weight is 254 g/mol. The molecule has 0 fully saturated rings. The van der Waals surface area contributed by atoms with Crippen LogP contribution in [0.25, 0.3) is 0 Å². The quantitative estimate of drug-likeness (QED) is 0.788. The van der Waals surface area contributed by atoms with Crippen molar-refractivity contribution < 1.29 is 0 Å². The summed E-state index contributed by atoms with van der Waals surface area (Å²) in [7, 11) is 0. The lowest BCUT2D eigenvalue weighted by molar-refractivity contribution is 0.761. The van der Waals surface area contributed by atoms with Gasteiger partial charge in [0.1, 0.15) is 11.0 Å². The van der Waals surface area contributed by atoms with Gasteiger partial charge in [0.05, 0.1) is 10.7 Å². The van der Waals surface area contributed by atoms with Crippen molar-refractivity contribution in [2.75, 3.05) is 0 Å². The summed E-state index contributed by atoms with van der Waals surface area (Å²) >= 11 is 7.59. The minimum Gasteiger partial charge on any atom is -0.249 e. The highest BCUT2D eigenvalue weighted by Crippen LogP contribution is 2.17. The zero-order valence-corrected chi connectivity index (χ0v) is 10.7. The van der Waals surface area contributed by atoms with Gasteiger partial charge in [-0.3, -0.25) is 0 Å². The highest BCUT2D eigenvalue weighted by Gasteiger charge is 2.08. The fourth-order valence-electron chi connectivity index (χ4n) is 1.33. The highest BCUT2D eigenvalue weighted by molar-refractivity contribution is 7.09. The van der Waals surface area contributed by atoms with Crippen molar-refractivity contribution in [1.82, 2.24) is 15.0 Å². The number of rotatable bonds is 3. The normalized spacial score (nSPS) is 11.0. The predicted molar refractivity (Wildman–Crippen MR) is 66.1 cm³/mol. The highest BCUT2D eigenvalue weighted by atomic mass is 35.5. The molecule has 3 nitrogen and oxygen atoms in total. The van der Waals surface area contributed by atoms with Gasteiger partial charge >= 0.3 is 0 Å². The molecule has 2 heterocycles. The monoisotopic (exact) mass is 253 g/mol. The predicted octanol–water partition coefficient (Wildman–Crippen LogP) is 3.30. The van der Waals surface area contributed by atoms with E-state index >= 15 is 0 Å². The number of thiazole rings is 1. The summed E-state index contributed by atoms with van der Waals surface area (Å²) in [6.45, 7) is 4.11. The van der Waals surface area contributed by atoms with E-state index in [1.165, 1.54) is 0 Å². The zero-order chi connectivity index (χ0) is 11.5.